The number of rotatable bonds is 3. The van der Waals surface area contributed by atoms with Crippen LogP contribution < -0.4 is 4.90 Å². The summed E-state index contributed by atoms with van der Waals surface area (Å²) >= 11 is 0. The largest absolute Gasteiger partial charge is 0.353 e. The van der Waals surface area contributed by atoms with Gasteiger partial charge in [0.05, 0.1) is 11.8 Å². The van der Waals surface area contributed by atoms with Gasteiger partial charge in [-0.3, -0.25) is 0 Å². The molecule has 0 N–H and O–H groups in total. The molecule has 1 heterocycles. The van der Waals surface area contributed by atoms with E-state index in [9.17, 15) is 0 Å². The van der Waals surface area contributed by atoms with Gasteiger partial charge in [0.25, 0.3) is 0 Å². The normalized spacial score (nSPS) is 9.83. The summed E-state index contributed by atoms with van der Waals surface area (Å²) in [5, 5.41) is 16.9. The van der Waals surface area contributed by atoms with E-state index < -0.39 is 0 Å². The van der Waals surface area contributed by atoms with Gasteiger partial charge in [-0.1, -0.05) is 24.3 Å². The topological polar surface area (TPSA) is 52.8 Å². The molecule has 1 aromatic heterocycles. The monoisotopic (exact) mass is 238 g/mol. The van der Waals surface area contributed by atoms with Crippen molar-refractivity contribution < 1.29 is 0 Å². The summed E-state index contributed by atoms with van der Waals surface area (Å²) in [4.78, 5) is 1.94. The molecule has 0 saturated carbocycles. The van der Waals surface area contributed by atoms with Crippen LogP contribution >= 0.6 is 0 Å². The van der Waals surface area contributed by atoms with E-state index in [1.807, 2.05) is 24.1 Å². The molecule has 0 aliphatic carbocycles. The Balaban J connectivity index is 2.26. The van der Waals surface area contributed by atoms with Gasteiger partial charge in [-0.05, 0) is 24.1 Å². The number of nitrogens with zero attached hydrogens (tertiary/aromatic N) is 4. The van der Waals surface area contributed by atoms with Crippen LogP contribution in [0.15, 0.2) is 36.5 Å². The van der Waals surface area contributed by atoms with E-state index in [4.69, 9.17) is 5.26 Å². The van der Waals surface area contributed by atoms with Gasteiger partial charge in [-0.25, -0.2) is 0 Å². The van der Waals surface area contributed by atoms with Crippen LogP contribution in [0.2, 0.25) is 0 Å². The van der Waals surface area contributed by atoms with Crippen molar-refractivity contribution in [1.29, 1.82) is 5.26 Å². The summed E-state index contributed by atoms with van der Waals surface area (Å²) in [6, 6.07) is 12.0. The number of hydrogen-bond acceptors (Lipinski definition) is 4. The molecule has 90 valence electrons. The maximum Gasteiger partial charge on any atom is 0.169 e. The van der Waals surface area contributed by atoms with E-state index in [2.05, 4.69) is 35.3 Å². The zero-order chi connectivity index (χ0) is 13.0. The molecule has 18 heavy (non-hydrogen) atoms. The Morgan fingerprint density at radius 2 is 2.06 bits per heavy atom. The molecule has 0 radical (unpaired) electrons. The predicted octanol–water partition coefficient (Wildman–Crippen LogP) is 2.29. The standard InChI is InChI=1S/C14H14N4/c1-11-5-3-4-6-13(11)10-18(2)14-12(9-15)7-8-16-17-14/h3-8H,10H2,1-2H3. The fraction of sp³-hybridized carbons (Fsp3) is 0.214. The molecule has 0 amide bonds. The van der Waals surface area contributed by atoms with E-state index in [0.29, 0.717) is 17.9 Å². The summed E-state index contributed by atoms with van der Waals surface area (Å²) in [6.45, 7) is 2.78. The number of anilines is 1. The summed E-state index contributed by atoms with van der Waals surface area (Å²) in [7, 11) is 1.91. The molecule has 0 atom stereocenters. The van der Waals surface area contributed by atoms with Crippen LogP contribution in [0.25, 0.3) is 0 Å². The minimum absolute atomic E-state index is 0.543. The van der Waals surface area contributed by atoms with Crippen molar-refractivity contribution >= 4 is 5.82 Å². The molecule has 4 nitrogen and oxygen atoms in total. The van der Waals surface area contributed by atoms with Gasteiger partial charge in [-0.2, -0.15) is 10.4 Å². The fourth-order valence-electron chi connectivity index (χ4n) is 1.81. The first-order chi connectivity index (χ1) is 8.72. The molecule has 0 bridgehead atoms. The van der Waals surface area contributed by atoms with Crippen molar-refractivity contribution in [2.75, 3.05) is 11.9 Å². The quantitative estimate of drug-likeness (QED) is 0.823. The number of hydrogen-bond donors (Lipinski definition) is 0. The average Bonchev–Trinajstić information content (AvgIpc) is 2.41. The Morgan fingerprint density at radius 3 is 2.78 bits per heavy atom. The second-order valence-corrected chi connectivity index (χ2v) is 4.16. The zero-order valence-electron chi connectivity index (χ0n) is 10.5. The third-order valence-electron chi connectivity index (χ3n) is 2.85. The Hall–Kier alpha value is -2.41. The lowest BCUT2D eigenvalue weighted by Gasteiger charge is -2.19. The van der Waals surface area contributed by atoms with Crippen LogP contribution in [0.1, 0.15) is 16.7 Å². The van der Waals surface area contributed by atoms with Crippen molar-refractivity contribution in [3.8, 4) is 6.07 Å². The van der Waals surface area contributed by atoms with Gasteiger partial charge in [0.1, 0.15) is 6.07 Å². The molecule has 0 unspecified atom stereocenters. The summed E-state index contributed by atoms with van der Waals surface area (Å²) < 4.78 is 0. The summed E-state index contributed by atoms with van der Waals surface area (Å²) in [5.41, 5.74) is 2.99. The minimum Gasteiger partial charge on any atom is -0.353 e. The molecule has 2 aromatic rings. The zero-order valence-corrected chi connectivity index (χ0v) is 10.5. The molecule has 4 heteroatoms. The lowest BCUT2D eigenvalue weighted by Crippen LogP contribution is -2.19. The van der Waals surface area contributed by atoms with E-state index in [0.717, 1.165) is 0 Å². The van der Waals surface area contributed by atoms with Crippen molar-refractivity contribution in [2.24, 2.45) is 0 Å². The molecule has 0 fully saturated rings. The Bertz CT molecular complexity index is 586. The fourth-order valence-corrected chi connectivity index (χ4v) is 1.81. The highest BCUT2D eigenvalue weighted by Gasteiger charge is 2.10. The number of aromatic nitrogens is 2. The van der Waals surface area contributed by atoms with Crippen molar-refractivity contribution in [3.05, 3.63) is 53.2 Å². The molecule has 2 rings (SSSR count). The van der Waals surface area contributed by atoms with Crippen molar-refractivity contribution in [1.82, 2.24) is 10.2 Å². The number of nitriles is 1. The first-order valence-corrected chi connectivity index (χ1v) is 5.70. The Kier molecular flexibility index (Phi) is 3.54. The van der Waals surface area contributed by atoms with Gasteiger partial charge < -0.3 is 4.90 Å². The minimum atomic E-state index is 0.543. The van der Waals surface area contributed by atoms with Crippen molar-refractivity contribution in [2.45, 2.75) is 13.5 Å². The van der Waals surface area contributed by atoms with E-state index in [1.165, 1.54) is 17.3 Å². The van der Waals surface area contributed by atoms with Crippen LogP contribution in [-0.4, -0.2) is 17.2 Å². The predicted molar refractivity (Wildman–Crippen MR) is 70.0 cm³/mol. The maximum absolute atomic E-state index is 9.04. The number of benzene rings is 1. The van der Waals surface area contributed by atoms with Gasteiger partial charge >= 0.3 is 0 Å². The van der Waals surface area contributed by atoms with Crippen LogP contribution in [0.3, 0.4) is 0 Å². The smallest absolute Gasteiger partial charge is 0.169 e. The van der Waals surface area contributed by atoms with Crippen molar-refractivity contribution in [3.63, 3.8) is 0 Å². The van der Waals surface area contributed by atoms with Crippen LogP contribution in [0.4, 0.5) is 5.82 Å². The van der Waals surface area contributed by atoms with Crippen LogP contribution in [0.5, 0.6) is 0 Å². The highest BCUT2D eigenvalue weighted by molar-refractivity contribution is 5.52. The summed E-state index contributed by atoms with van der Waals surface area (Å²) in [5.74, 6) is 0.614. The van der Waals surface area contributed by atoms with E-state index >= 15 is 0 Å². The van der Waals surface area contributed by atoms with Crippen LogP contribution in [-0.2, 0) is 6.54 Å². The highest BCUT2D eigenvalue weighted by Crippen LogP contribution is 2.17. The second-order valence-electron chi connectivity index (χ2n) is 4.16. The first-order valence-electron chi connectivity index (χ1n) is 5.70. The molecule has 0 aliphatic rings. The third-order valence-corrected chi connectivity index (χ3v) is 2.85. The SMILES string of the molecule is Cc1ccccc1CN(C)c1nnccc1C#N. The second kappa shape index (κ2) is 5.28. The summed E-state index contributed by atoms with van der Waals surface area (Å²) in [6.07, 6.45) is 1.53. The number of aryl methyl sites for hydroxylation is 1. The van der Waals surface area contributed by atoms with Gasteiger partial charge in [0.2, 0.25) is 0 Å². The molecule has 0 saturated heterocycles. The molecule has 0 spiro atoms. The van der Waals surface area contributed by atoms with Gasteiger partial charge in [0, 0.05) is 13.6 Å². The van der Waals surface area contributed by atoms with Gasteiger partial charge in [-0.15, -0.1) is 5.10 Å². The highest BCUT2D eigenvalue weighted by atomic mass is 15.2. The van der Waals surface area contributed by atoms with Crippen LogP contribution in [0, 0.1) is 18.3 Å². The lowest BCUT2D eigenvalue weighted by atomic mass is 10.1. The Labute approximate surface area is 107 Å². The Morgan fingerprint density at radius 1 is 1.28 bits per heavy atom. The lowest BCUT2D eigenvalue weighted by molar-refractivity contribution is 0.858. The van der Waals surface area contributed by atoms with E-state index in [-0.39, 0.29) is 0 Å². The molecular formula is C14H14N4. The average molecular weight is 238 g/mol. The molecular weight excluding hydrogens is 224 g/mol. The molecule has 0 aliphatic heterocycles. The first kappa shape index (κ1) is 12.1. The van der Waals surface area contributed by atoms with E-state index in [1.54, 1.807) is 6.07 Å². The van der Waals surface area contributed by atoms with Gasteiger partial charge in [0.15, 0.2) is 5.82 Å². The molecule has 1 aromatic carbocycles. The maximum atomic E-state index is 9.04. The third kappa shape index (κ3) is 2.46.